The fraction of sp³-hybridized carbons (Fsp3) is 0.476. The Labute approximate surface area is 209 Å². The molecule has 4 heterocycles. The van der Waals surface area contributed by atoms with Gasteiger partial charge in [-0.2, -0.15) is 5.10 Å². The lowest BCUT2D eigenvalue weighted by molar-refractivity contribution is 0.0724. The van der Waals surface area contributed by atoms with Crippen molar-refractivity contribution in [1.82, 2.24) is 19.5 Å². The lowest BCUT2D eigenvalue weighted by Crippen LogP contribution is -2.31. The Morgan fingerprint density at radius 3 is 2.79 bits per heavy atom. The minimum absolute atomic E-state index is 0. The van der Waals surface area contributed by atoms with Crippen LogP contribution in [-0.2, 0) is 10.0 Å². The molecule has 1 aliphatic heterocycles. The fourth-order valence-corrected chi connectivity index (χ4v) is 5.94. The van der Waals surface area contributed by atoms with E-state index in [0.717, 1.165) is 42.8 Å². The summed E-state index contributed by atoms with van der Waals surface area (Å²) in [7, 11) is -1.78. The normalized spacial score (nSPS) is 17.0. The molecule has 3 aromatic heterocycles. The zero-order valence-corrected chi connectivity index (χ0v) is 22.0. The van der Waals surface area contributed by atoms with Crippen molar-refractivity contribution < 1.29 is 13.2 Å². The third-order valence-electron chi connectivity index (χ3n) is 5.84. The number of hydrogen-bond acceptors (Lipinski definition) is 8. The van der Waals surface area contributed by atoms with Crippen LogP contribution >= 0.6 is 23.7 Å². The molecule has 0 aromatic carbocycles. The van der Waals surface area contributed by atoms with Gasteiger partial charge in [0.2, 0.25) is 10.0 Å². The number of carbonyl (C=O) groups is 1. The molecule has 10 nitrogen and oxygen atoms in total. The highest BCUT2D eigenvalue weighted by atomic mass is 35.5. The zero-order chi connectivity index (χ0) is 23.9. The number of rotatable bonds is 7. The molecule has 2 atom stereocenters. The number of carbonyl (C=O) groups excluding carboxylic acids is 1. The van der Waals surface area contributed by atoms with Gasteiger partial charge in [-0.3, -0.25) is 9.52 Å². The predicted octanol–water partition coefficient (Wildman–Crippen LogP) is 2.65. The number of fused-ring (bicyclic) bond motifs is 1. The van der Waals surface area contributed by atoms with Crippen LogP contribution in [0.1, 0.15) is 47.4 Å². The van der Waals surface area contributed by atoms with Crippen LogP contribution in [0.5, 0.6) is 0 Å². The summed E-state index contributed by atoms with van der Waals surface area (Å²) in [5.41, 5.74) is 8.83. The average molecular weight is 528 g/mol. The minimum Gasteiger partial charge on any atom is -0.355 e. The molecule has 1 amide bonds. The maximum absolute atomic E-state index is 13.2. The van der Waals surface area contributed by atoms with Crippen molar-refractivity contribution in [2.24, 2.45) is 5.73 Å². The van der Waals surface area contributed by atoms with Gasteiger partial charge in [0.15, 0.2) is 5.65 Å². The SMILES string of the molecule is CC[C@@H](c1cc2nc(N3CC[C@H](N)C3)c(C)cn2n1)N(C)C(=O)c1ccsc1NS(C)(=O)=O.Cl. The van der Waals surface area contributed by atoms with Crippen LogP contribution in [0.2, 0.25) is 0 Å². The first-order chi connectivity index (χ1) is 15.6. The van der Waals surface area contributed by atoms with Crippen molar-refractivity contribution in [3.05, 3.63) is 40.5 Å². The number of nitrogens with two attached hydrogens (primary N) is 1. The Morgan fingerprint density at radius 2 is 2.18 bits per heavy atom. The van der Waals surface area contributed by atoms with E-state index in [1.54, 1.807) is 27.9 Å². The average Bonchev–Trinajstić information content (AvgIpc) is 3.46. The fourth-order valence-electron chi connectivity index (χ4n) is 4.22. The van der Waals surface area contributed by atoms with Crippen LogP contribution in [0.4, 0.5) is 10.8 Å². The Morgan fingerprint density at radius 1 is 1.44 bits per heavy atom. The van der Waals surface area contributed by atoms with Crippen LogP contribution in [0.15, 0.2) is 23.7 Å². The number of sulfonamides is 1. The van der Waals surface area contributed by atoms with Crippen molar-refractivity contribution in [2.75, 3.05) is 36.0 Å². The lowest BCUT2D eigenvalue weighted by atomic mass is 10.1. The van der Waals surface area contributed by atoms with E-state index in [1.807, 2.05) is 26.1 Å². The molecule has 186 valence electrons. The van der Waals surface area contributed by atoms with Crippen molar-refractivity contribution >= 4 is 56.1 Å². The molecule has 0 radical (unpaired) electrons. The topological polar surface area (TPSA) is 126 Å². The van der Waals surface area contributed by atoms with E-state index < -0.39 is 10.0 Å². The van der Waals surface area contributed by atoms with Crippen molar-refractivity contribution in [3.8, 4) is 0 Å². The van der Waals surface area contributed by atoms with E-state index in [-0.39, 0.29) is 30.4 Å². The first-order valence-corrected chi connectivity index (χ1v) is 13.5. The first-order valence-electron chi connectivity index (χ1n) is 10.8. The number of aromatic nitrogens is 3. The standard InChI is InChI=1S/C21H29N7O3S2.ClH/c1-5-17(26(3)21(29)15-7-9-32-20(15)25-33(4,30)31)16-10-18-23-19(13(2)11-28(18)24-16)27-8-6-14(22)12-27;/h7,9-11,14,17,25H,5-6,8,12,22H2,1-4H3;1H/t14-,17-;/m0./s1. The van der Waals surface area contributed by atoms with E-state index in [0.29, 0.717) is 22.6 Å². The molecule has 0 bridgehead atoms. The summed E-state index contributed by atoms with van der Waals surface area (Å²) in [6.45, 7) is 5.65. The van der Waals surface area contributed by atoms with E-state index in [9.17, 15) is 13.2 Å². The van der Waals surface area contributed by atoms with Crippen LogP contribution in [-0.4, -0.2) is 66.3 Å². The van der Waals surface area contributed by atoms with Gasteiger partial charge in [0.05, 0.1) is 23.6 Å². The quantitative estimate of drug-likeness (QED) is 0.483. The second-order valence-corrected chi connectivity index (χ2v) is 11.2. The number of halogens is 1. The third-order valence-corrected chi connectivity index (χ3v) is 7.37. The number of thiophene rings is 1. The number of hydrogen-bond donors (Lipinski definition) is 2. The molecule has 13 heteroatoms. The highest BCUT2D eigenvalue weighted by Gasteiger charge is 2.28. The van der Waals surface area contributed by atoms with Gasteiger partial charge >= 0.3 is 0 Å². The highest BCUT2D eigenvalue weighted by Crippen LogP contribution is 2.30. The highest BCUT2D eigenvalue weighted by molar-refractivity contribution is 7.92. The lowest BCUT2D eigenvalue weighted by Gasteiger charge is -2.26. The Hall–Kier alpha value is -2.41. The molecule has 1 saturated heterocycles. The van der Waals surface area contributed by atoms with Crippen molar-refractivity contribution in [2.45, 2.75) is 38.8 Å². The summed E-state index contributed by atoms with van der Waals surface area (Å²) in [5, 5.41) is 6.71. The van der Waals surface area contributed by atoms with Gasteiger partial charge in [0.1, 0.15) is 10.8 Å². The monoisotopic (exact) mass is 527 g/mol. The molecule has 1 fully saturated rings. The first kappa shape index (κ1) is 26.2. The summed E-state index contributed by atoms with van der Waals surface area (Å²) in [5.74, 6) is 0.635. The maximum Gasteiger partial charge on any atom is 0.257 e. The number of nitrogens with one attached hydrogen (secondary N) is 1. The summed E-state index contributed by atoms with van der Waals surface area (Å²) in [4.78, 5) is 21.9. The molecular formula is C21H30ClN7O3S2. The molecular weight excluding hydrogens is 498 g/mol. The van der Waals surface area contributed by atoms with Gasteiger partial charge in [0, 0.05) is 44.0 Å². The molecule has 3 aromatic rings. The molecule has 34 heavy (non-hydrogen) atoms. The van der Waals surface area contributed by atoms with Gasteiger partial charge in [-0.15, -0.1) is 23.7 Å². The smallest absolute Gasteiger partial charge is 0.257 e. The Balaban J connectivity index is 0.00000324. The van der Waals surface area contributed by atoms with Gasteiger partial charge in [0.25, 0.3) is 5.91 Å². The summed E-state index contributed by atoms with van der Waals surface area (Å²) >= 11 is 1.18. The number of nitrogens with zero attached hydrogens (tertiary/aromatic N) is 5. The van der Waals surface area contributed by atoms with Crippen molar-refractivity contribution in [1.29, 1.82) is 0 Å². The Bertz CT molecular complexity index is 1290. The summed E-state index contributed by atoms with van der Waals surface area (Å²) in [6.07, 6.45) is 4.60. The molecule has 0 aliphatic carbocycles. The van der Waals surface area contributed by atoms with Gasteiger partial charge < -0.3 is 15.5 Å². The molecule has 1 aliphatic rings. The van der Waals surface area contributed by atoms with Gasteiger partial charge in [-0.05, 0) is 31.2 Å². The molecule has 0 unspecified atom stereocenters. The number of anilines is 2. The van der Waals surface area contributed by atoms with E-state index in [4.69, 9.17) is 15.8 Å². The zero-order valence-electron chi connectivity index (χ0n) is 19.6. The summed E-state index contributed by atoms with van der Waals surface area (Å²) < 4.78 is 27.5. The second-order valence-electron chi connectivity index (χ2n) is 8.49. The van der Waals surface area contributed by atoms with Crippen LogP contribution in [0.25, 0.3) is 5.65 Å². The molecule has 0 spiro atoms. The molecule has 0 saturated carbocycles. The second kappa shape index (κ2) is 10.1. The van der Waals surface area contributed by atoms with Crippen molar-refractivity contribution in [3.63, 3.8) is 0 Å². The van der Waals surface area contributed by atoms with E-state index in [1.165, 1.54) is 11.3 Å². The van der Waals surface area contributed by atoms with E-state index in [2.05, 4.69) is 9.62 Å². The largest absolute Gasteiger partial charge is 0.355 e. The summed E-state index contributed by atoms with van der Waals surface area (Å²) in [6, 6.07) is 3.39. The van der Waals surface area contributed by atoms with Crippen LogP contribution < -0.4 is 15.4 Å². The Kier molecular flexibility index (Phi) is 7.75. The number of amides is 1. The van der Waals surface area contributed by atoms with Crippen LogP contribution in [0.3, 0.4) is 0 Å². The predicted molar refractivity (Wildman–Crippen MR) is 138 cm³/mol. The van der Waals surface area contributed by atoms with Crippen LogP contribution in [0, 0.1) is 6.92 Å². The van der Waals surface area contributed by atoms with Gasteiger partial charge in [-0.25, -0.2) is 17.9 Å². The molecule has 4 rings (SSSR count). The molecule has 3 N–H and O–H groups in total. The maximum atomic E-state index is 13.2. The minimum atomic E-state index is -3.49. The van der Waals surface area contributed by atoms with E-state index >= 15 is 0 Å². The van der Waals surface area contributed by atoms with Gasteiger partial charge in [-0.1, -0.05) is 6.92 Å². The number of aryl methyl sites for hydroxylation is 1. The third kappa shape index (κ3) is 5.29.